The molecule has 0 saturated carbocycles. The molecule has 1 aliphatic rings. The van der Waals surface area contributed by atoms with E-state index < -0.39 is 11.7 Å². The molecule has 152 valence electrons. The predicted octanol–water partition coefficient (Wildman–Crippen LogP) is 7.10. The highest BCUT2D eigenvalue weighted by atomic mass is 35.5. The first-order valence-electron chi connectivity index (χ1n) is 9.62. The molecule has 0 saturated heterocycles. The highest BCUT2D eigenvalue weighted by molar-refractivity contribution is 6.31. The monoisotopic (exact) mass is 419 g/mol. The van der Waals surface area contributed by atoms with E-state index in [2.05, 4.69) is 6.07 Å². The quantitative estimate of drug-likeness (QED) is 0.451. The summed E-state index contributed by atoms with van der Waals surface area (Å²) in [5.41, 5.74) is 3.07. The molecular formula is C23H21ClF3NO. The van der Waals surface area contributed by atoms with Crippen LogP contribution in [-0.4, -0.2) is 11.1 Å². The van der Waals surface area contributed by atoms with Gasteiger partial charge >= 0.3 is 6.18 Å². The lowest BCUT2D eigenvalue weighted by atomic mass is 9.80. The van der Waals surface area contributed by atoms with Gasteiger partial charge in [0.05, 0.1) is 23.3 Å². The van der Waals surface area contributed by atoms with Gasteiger partial charge < -0.3 is 4.74 Å². The van der Waals surface area contributed by atoms with Crippen LogP contribution in [0.2, 0.25) is 5.02 Å². The molecule has 2 aromatic carbocycles. The van der Waals surface area contributed by atoms with Crippen LogP contribution in [0.4, 0.5) is 13.2 Å². The zero-order chi connectivity index (χ0) is 20.8. The van der Waals surface area contributed by atoms with E-state index in [0.29, 0.717) is 17.9 Å². The van der Waals surface area contributed by atoms with Crippen LogP contribution in [-0.2, 0) is 17.3 Å². The third-order valence-electron chi connectivity index (χ3n) is 5.32. The lowest BCUT2D eigenvalue weighted by molar-refractivity contribution is -0.137. The molecule has 2 unspecified atom stereocenters. The first kappa shape index (κ1) is 20.2. The molecule has 2 nitrogen and oxygen atoms in total. The molecule has 2 atom stereocenters. The maximum Gasteiger partial charge on any atom is 0.416 e. The van der Waals surface area contributed by atoms with Crippen LogP contribution in [0.1, 0.15) is 54.7 Å². The van der Waals surface area contributed by atoms with Gasteiger partial charge in [0, 0.05) is 21.7 Å². The average Bonchev–Trinajstić information content (AvgIpc) is 2.65. The molecule has 0 N–H and O–H groups in total. The number of halogens is 4. The molecule has 1 aliphatic carbocycles. The van der Waals surface area contributed by atoms with Crippen LogP contribution in [0.25, 0.3) is 10.9 Å². The van der Waals surface area contributed by atoms with Gasteiger partial charge in [-0.25, -0.2) is 0 Å². The van der Waals surface area contributed by atoms with Gasteiger partial charge in [0.2, 0.25) is 0 Å². The second-order valence-corrected chi connectivity index (χ2v) is 8.23. The zero-order valence-electron chi connectivity index (χ0n) is 16.1. The Bertz CT molecular complexity index is 1030. The molecule has 0 spiro atoms. The van der Waals surface area contributed by atoms with Crippen molar-refractivity contribution in [3.8, 4) is 0 Å². The van der Waals surface area contributed by atoms with Gasteiger partial charge in [-0.2, -0.15) is 13.2 Å². The lowest BCUT2D eigenvalue weighted by Gasteiger charge is -2.32. The summed E-state index contributed by atoms with van der Waals surface area (Å²) in [6.45, 7) is 3.96. The van der Waals surface area contributed by atoms with Gasteiger partial charge in [-0.1, -0.05) is 23.7 Å². The Morgan fingerprint density at radius 1 is 1.07 bits per heavy atom. The number of benzene rings is 2. The topological polar surface area (TPSA) is 22.1 Å². The van der Waals surface area contributed by atoms with Crippen molar-refractivity contribution in [3.05, 3.63) is 75.9 Å². The Morgan fingerprint density at radius 2 is 1.79 bits per heavy atom. The third-order valence-corrected chi connectivity index (χ3v) is 5.56. The standard InChI is InChI=1S/C23H21ClF3NO/c1-13(2)29-22-12-15(14-3-5-17(6-4-14)23(25,26)27)11-21-19(22)10-16-9-18(24)7-8-20(16)28-21/h3-10,13,15,22H,11-12H2,1-2H3. The van der Waals surface area contributed by atoms with Crippen molar-refractivity contribution >= 4 is 22.5 Å². The minimum absolute atomic E-state index is 0.0225. The van der Waals surface area contributed by atoms with Crippen molar-refractivity contribution in [2.75, 3.05) is 0 Å². The van der Waals surface area contributed by atoms with Crippen LogP contribution >= 0.6 is 11.6 Å². The lowest BCUT2D eigenvalue weighted by Crippen LogP contribution is -2.23. The number of aromatic nitrogens is 1. The van der Waals surface area contributed by atoms with Gasteiger partial charge in [0.1, 0.15) is 0 Å². The molecule has 0 aliphatic heterocycles. The Morgan fingerprint density at radius 3 is 2.45 bits per heavy atom. The van der Waals surface area contributed by atoms with Crippen molar-refractivity contribution in [1.82, 2.24) is 4.98 Å². The highest BCUT2D eigenvalue weighted by Crippen LogP contribution is 2.42. The first-order valence-corrected chi connectivity index (χ1v) is 10.00. The van der Waals surface area contributed by atoms with Crippen LogP contribution < -0.4 is 0 Å². The van der Waals surface area contributed by atoms with Crippen LogP contribution in [0.15, 0.2) is 48.5 Å². The van der Waals surface area contributed by atoms with Crippen molar-refractivity contribution in [3.63, 3.8) is 0 Å². The average molecular weight is 420 g/mol. The predicted molar refractivity (Wildman–Crippen MR) is 108 cm³/mol. The molecule has 0 bridgehead atoms. The van der Waals surface area contributed by atoms with Crippen LogP contribution in [0.3, 0.4) is 0 Å². The molecule has 4 rings (SSSR count). The Balaban J connectivity index is 1.72. The van der Waals surface area contributed by atoms with Crippen molar-refractivity contribution in [1.29, 1.82) is 0 Å². The van der Waals surface area contributed by atoms with E-state index in [1.165, 1.54) is 0 Å². The maximum absolute atomic E-state index is 12.9. The summed E-state index contributed by atoms with van der Waals surface area (Å²) >= 11 is 6.13. The molecular weight excluding hydrogens is 399 g/mol. The molecule has 0 radical (unpaired) electrons. The number of nitrogens with zero attached hydrogens (tertiary/aromatic N) is 1. The largest absolute Gasteiger partial charge is 0.416 e. The summed E-state index contributed by atoms with van der Waals surface area (Å²) in [5.74, 6) is 0.0470. The fraction of sp³-hybridized carbons (Fsp3) is 0.348. The number of hydrogen-bond donors (Lipinski definition) is 0. The van der Waals surface area contributed by atoms with Crippen LogP contribution in [0.5, 0.6) is 0 Å². The zero-order valence-corrected chi connectivity index (χ0v) is 16.9. The summed E-state index contributed by atoms with van der Waals surface area (Å²) in [6.07, 6.45) is -3.11. The van der Waals surface area contributed by atoms with E-state index in [0.717, 1.165) is 39.9 Å². The van der Waals surface area contributed by atoms with Crippen molar-refractivity contribution < 1.29 is 17.9 Å². The molecule has 1 aromatic heterocycles. The number of rotatable bonds is 3. The van der Waals surface area contributed by atoms with Crippen molar-refractivity contribution in [2.24, 2.45) is 0 Å². The summed E-state index contributed by atoms with van der Waals surface area (Å²) < 4.78 is 44.9. The molecule has 0 amide bonds. The van der Waals surface area contributed by atoms with Gasteiger partial charge in [-0.3, -0.25) is 4.98 Å². The number of hydrogen-bond acceptors (Lipinski definition) is 2. The highest BCUT2D eigenvalue weighted by Gasteiger charge is 2.33. The Hall–Kier alpha value is -2.11. The number of ether oxygens (including phenoxy) is 1. The normalized spacial score (nSPS) is 19.6. The minimum Gasteiger partial charge on any atom is -0.371 e. The van der Waals surface area contributed by atoms with E-state index in [1.807, 2.05) is 32.0 Å². The molecule has 3 aromatic rings. The minimum atomic E-state index is -4.33. The Labute approximate surface area is 172 Å². The van der Waals surface area contributed by atoms with Gasteiger partial charge in [-0.15, -0.1) is 0 Å². The van der Waals surface area contributed by atoms with Crippen molar-refractivity contribution in [2.45, 2.75) is 51.0 Å². The number of alkyl halides is 3. The van der Waals surface area contributed by atoms with E-state index in [1.54, 1.807) is 12.1 Å². The summed E-state index contributed by atoms with van der Waals surface area (Å²) in [6, 6.07) is 13.1. The SMILES string of the molecule is CC(C)OC1CC(c2ccc(C(F)(F)F)cc2)Cc2nc3ccc(Cl)cc3cc21. The first-order chi connectivity index (χ1) is 13.7. The van der Waals surface area contributed by atoms with E-state index in [4.69, 9.17) is 21.3 Å². The maximum atomic E-state index is 12.9. The van der Waals surface area contributed by atoms with Crippen LogP contribution in [0, 0.1) is 0 Å². The van der Waals surface area contributed by atoms with Gasteiger partial charge in [0.25, 0.3) is 0 Å². The second kappa shape index (κ2) is 7.62. The molecule has 6 heteroatoms. The number of pyridine rings is 1. The summed E-state index contributed by atoms with van der Waals surface area (Å²) in [5, 5.41) is 1.61. The number of fused-ring (bicyclic) bond motifs is 2. The molecule has 29 heavy (non-hydrogen) atoms. The van der Waals surface area contributed by atoms with E-state index in [-0.39, 0.29) is 18.1 Å². The fourth-order valence-electron chi connectivity index (χ4n) is 4.00. The summed E-state index contributed by atoms with van der Waals surface area (Å²) in [7, 11) is 0. The fourth-order valence-corrected chi connectivity index (χ4v) is 4.18. The molecule has 0 fully saturated rings. The second-order valence-electron chi connectivity index (χ2n) is 7.79. The molecule has 1 heterocycles. The smallest absolute Gasteiger partial charge is 0.371 e. The summed E-state index contributed by atoms with van der Waals surface area (Å²) in [4.78, 5) is 4.83. The Kier molecular flexibility index (Phi) is 5.30. The van der Waals surface area contributed by atoms with E-state index >= 15 is 0 Å². The third kappa shape index (κ3) is 4.26. The van der Waals surface area contributed by atoms with Gasteiger partial charge in [0.15, 0.2) is 0 Å². The van der Waals surface area contributed by atoms with Gasteiger partial charge in [-0.05, 0) is 74.6 Å². The van der Waals surface area contributed by atoms with E-state index in [9.17, 15) is 13.2 Å².